The lowest BCUT2D eigenvalue weighted by molar-refractivity contribution is -0.136. The summed E-state index contributed by atoms with van der Waals surface area (Å²) in [5, 5.41) is 4.91. The maximum atomic E-state index is 12.7. The summed E-state index contributed by atoms with van der Waals surface area (Å²) in [6, 6.07) is 10.9. The number of benzene rings is 1. The van der Waals surface area contributed by atoms with Crippen LogP contribution in [0.3, 0.4) is 0 Å². The lowest BCUT2D eigenvalue weighted by atomic mass is 9.94. The summed E-state index contributed by atoms with van der Waals surface area (Å²) in [5.74, 6) is -0.431. The first-order valence-electron chi connectivity index (χ1n) is 7.97. The lowest BCUT2D eigenvalue weighted by Crippen LogP contribution is -2.47. The predicted molar refractivity (Wildman–Crippen MR) is 97.0 cm³/mol. The van der Waals surface area contributed by atoms with Crippen LogP contribution < -0.4 is 5.32 Å². The van der Waals surface area contributed by atoms with Crippen LogP contribution in [0.2, 0.25) is 0 Å². The minimum Gasteiger partial charge on any atom is -0.466 e. The van der Waals surface area contributed by atoms with Crippen LogP contribution in [0.25, 0.3) is 0 Å². The van der Waals surface area contributed by atoms with Gasteiger partial charge in [0.2, 0.25) is 0 Å². The Bertz CT molecular complexity index is 810. The number of thiophene rings is 1. The average molecular weight is 356 g/mol. The van der Waals surface area contributed by atoms with Crippen LogP contribution in [0.15, 0.2) is 53.0 Å². The zero-order valence-electron chi connectivity index (χ0n) is 14.4. The fourth-order valence-electron chi connectivity index (χ4n) is 2.91. The highest BCUT2D eigenvalue weighted by atomic mass is 32.1. The van der Waals surface area contributed by atoms with Crippen LogP contribution >= 0.6 is 11.3 Å². The van der Waals surface area contributed by atoms with E-state index >= 15 is 0 Å². The summed E-state index contributed by atoms with van der Waals surface area (Å²) < 4.78 is 4.98. The van der Waals surface area contributed by atoms with Gasteiger partial charge in [-0.05, 0) is 30.9 Å². The van der Waals surface area contributed by atoms with Crippen LogP contribution in [0.1, 0.15) is 29.0 Å². The fourth-order valence-corrected chi connectivity index (χ4v) is 3.61. The molecule has 1 aromatic heterocycles. The quantitative estimate of drug-likeness (QED) is 0.849. The third-order valence-electron chi connectivity index (χ3n) is 4.31. The van der Waals surface area contributed by atoms with Crippen molar-refractivity contribution in [1.29, 1.82) is 0 Å². The summed E-state index contributed by atoms with van der Waals surface area (Å²) in [6.45, 7) is 4.21. The number of hydrogen-bond acceptors (Lipinski definition) is 4. The first-order valence-corrected chi connectivity index (χ1v) is 8.85. The molecule has 6 heteroatoms. The van der Waals surface area contributed by atoms with E-state index in [1.807, 2.05) is 48.7 Å². The Morgan fingerprint density at radius 3 is 2.56 bits per heavy atom. The van der Waals surface area contributed by atoms with E-state index in [1.54, 1.807) is 23.2 Å². The molecule has 130 valence electrons. The molecule has 0 saturated carbocycles. The molecule has 1 aliphatic rings. The SMILES string of the molecule is COC(=O)C1=C(C)N(Cc2cccs2)C(=O)NC1c1ccc(C)cc1. The van der Waals surface area contributed by atoms with Crippen molar-refractivity contribution in [3.8, 4) is 0 Å². The van der Waals surface area contributed by atoms with Crippen LogP contribution in [-0.2, 0) is 16.1 Å². The normalized spacial score (nSPS) is 17.5. The number of carbonyl (C=O) groups excluding carboxylic acids is 2. The number of rotatable bonds is 4. The number of esters is 1. The van der Waals surface area contributed by atoms with E-state index < -0.39 is 12.0 Å². The number of urea groups is 1. The Labute approximate surface area is 150 Å². The second-order valence-corrected chi connectivity index (χ2v) is 6.98. The minimum atomic E-state index is -0.514. The Morgan fingerprint density at radius 2 is 1.96 bits per heavy atom. The number of amides is 2. The lowest BCUT2D eigenvalue weighted by Gasteiger charge is -2.35. The number of ether oxygens (including phenoxy) is 1. The van der Waals surface area contributed by atoms with Crippen molar-refractivity contribution < 1.29 is 14.3 Å². The Morgan fingerprint density at radius 1 is 1.24 bits per heavy atom. The molecular weight excluding hydrogens is 336 g/mol. The molecule has 1 aliphatic heterocycles. The number of allylic oxidation sites excluding steroid dienone is 1. The standard InChI is InChI=1S/C19H20N2O3S/c1-12-6-8-14(9-7-12)17-16(18(22)24-3)13(2)21(19(23)20-17)11-15-5-4-10-25-15/h4-10,17H,11H2,1-3H3,(H,20,23). The maximum absolute atomic E-state index is 12.7. The molecule has 1 N–H and O–H groups in total. The van der Waals surface area contributed by atoms with Gasteiger partial charge in [-0.3, -0.25) is 4.90 Å². The summed E-state index contributed by atoms with van der Waals surface area (Å²) in [6.07, 6.45) is 0. The summed E-state index contributed by atoms with van der Waals surface area (Å²) in [4.78, 5) is 27.7. The Hall–Kier alpha value is -2.60. The molecule has 0 fully saturated rings. The number of nitrogens with zero attached hydrogens (tertiary/aromatic N) is 1. The highest BCUT2D eigenvalue weighted by Crippen LogP contribution is 2.32. The van der Waals surface area contributed by atoms with E-state index in [9.17, 15) is 9.59 Å². The maximum Gasteiger partial charge on any atom is 0.337 e. The first kappa shape index (κ1) is 17.2. The van der Waals surface area contributed by atoms with Gasteiger partial charge in [-0.25, -0.2) is 9.59 Å². The number of methoxy groups -OCH3 is 1. The second-order valence-electron chi connectivity index (χ2n) is 5.95. The molecule has 2 heterocycles. The molecule has 2 aromatic rings. The van der Waals surface area contributed by atoms with Crippen LogP contribution in [0.5, 0.6) is 0 Å². The highest BCUT2D eigenvalue weighted by molar-refractivity contribution is 7.09. The fraction of sp³-hybridized carbons (Fsp3) is 0.263. The van der Waals surface area contributed by atoms with Gasteiger partial charge >= 0.3 is 12.0 Å². The van der Waals surface area contributed by atoms with Gasteiger partial charge in [0.25, 0.3) is 0 Å². The van der Waals surface area contributed by atoms with Crippen LogP contribution in [0.4, 0.5) is 4.79 Å². The zero-order chi connectivity index (χ0) is 18.0. The van der Waals surface area contributed by atoms with Gasteiger partial charge < -0.3 is 10.1 Å². The van der Waals surface area contributed by atoms with Crippen molar-refractivity contribution in [2.45, 2.75) is 26.4 Å². The van der Waals surface area contributed by atoms with Crippen molar-refractivity contribution in [2.24, 2.45) is 0 Å². The predicted octanol–water partition coefficient (Wildman–Crippen LogP) is 3.77. The largest absolute Gasteiger partial charge is 0.466 e. The van der Waals surface area contributed by atoms with Gasteiger partial charge in [0.05, 0.1) is 25.3 Å². The van der Waals surface area contributed by atoms with Crippen molar-refractivity contribution >= 4 is 23.3 Å². The summed E-state index contributed by atoms with van der Waals surface area (Å²) >= 11 is 1.57. The molecule has 0 saturated heterocycles. The first-order chi connectivity index (χ1) is 12.0. The summed E-state index contributed by atoms with van der Waals surface area (Å²) in [5.41, 5.74) is 3.05. The number of carbonyl (C=O) groups is 2. The third-order valence-corrected chi connectivity index (χ3v) is 5.17. The molecule has 0 spiro atoms. The zero-order valence-corrected chi connectivity index (χ0v) is 15.2. The van der Waals surface area contributed by atoms with Gasteiger partial charge in [-0.15, -0.1) is 11.3 Å². The molecule has 0 bridgehead atoms. The average Bonchev–Trinajstić information content (AvgIpc) is 3.11. The third kappa shape index (κ3) is 3.44. The molecule has 25 heavy (non-hydrogen) atoms. The van der Waals surface area contributed by atoms with E-state index in [1.165, 1.54) is 7.11 Å². The molecule has 5 nitrogen and oxygen atoms in total. The highest BCUT2D eigenvalue weighted by Gasteiger charge is 2.36. The van der Waals surface area contributed by atoms with Crippen molar-refractivity contribution in [2.75, 3.05) is 7.11 Å². The molecular formula is C19H20N2O3S. The molecule has 3 rings (SSSR count). The van der Waals surface area contributed by atoms with Crippen molar-refractivity contribution in [3.63, 3.8) is 0 Å². The molecule has 1 atom stereocenters. The number of hydrogen-bond donors (Lipinski definition) is 1. The van der Waals surface area contributed by atoms with E-state index in [-0.39, 0.29) is 6.03 Å². The monoisotopic (exact) mass is 356 g/mol. The van der Waals surface area contributed by atoms with Gasteiger partial charge in [-0.2, -0.15) is 0 Å². The van der Waals surface area contributed by atoms with E-state index in [0.717, 1.165) is 16.0 Å². The molecule has 0 radical (unpaired) electrons. The molecule has 0 aliphatic carbocycles. The van der Waals surface area contributed by atoms with Crippen LogP contribution in [-0.4, -0.2) is 24.0 Å². The summed E-state index contributed by atoms with van der Waals surface area (Å²) in [7, 11) is 1.36. The molecule has 1 unspecified atom stereocenters. The van der Waals surface area contributed by atoms with Crippen molar-refractivity contribution in [1.82, 2.24) is 10.2 Å². The Balaban J connectivity index is 2.02. The van der Waals surface area contributed by atoms with Gasteiger partial charge in [-0.1, -0.05) is 35.9 Å². The minimum absolute atomic E-state index is 0.218. The van der Waals surface area contributed by atoms with Gasteiger partial charge in [0.1, 0.15) is 0 Å². The number of aryl methyl sites for hydroxylation is 1. The van der Waals surface area contributed by atoms with E-state index in [2.05, 4.69) is 5.32 Å². The van der Waals surface area contributed by atoms with Gasteiger partial charge in [0.15, 0.2) is 0 Å². The van der Waals surface area contributed by atoms with Crippen LogP contribution in [0, 0.1) is 6.92 Å². The Kier molecular flexibility index (Phi) is 4.90. The molecule has 1 aromatic carbocycles. The topological polar surface area (TPSA) is 58.6 Å². The van der Waals surface area contributed by atoms with E-state index in [4.69, 9.17) is 4.74 Å². The number of nitrogens with one attached hydrogen (secondary N) is 1. The van der Waals surface area contributed by atoms with Crippen molar-refractivity contribution in [3.05, 3.63) is 69.1 Å². The molecule has 2 amide bonds. The second kappa shape index (κ2) is 7.11. The van der Waals surface area contributed by atoms with Gasteiger partial charge in [0, 0.05) is 10.6 Å². The smallest absolute Gasteiger partial charge is 0.337 e. The van der Waals surface area contributed by atoms with E-state index in [0.29, 0.717) is 17.8 Å².